The number of nitrogens with zero attached hydrogens (tertiary/aromatic N) is 3. The monoisotopic (exact) mass is 324 g/mol. The second-order valence-electron chi connectivity index (χ2n) is 4.08. The van der Waals surface area contributed by atoms with Crippen molar-refractivity contribution in [1.82, 2.24) is 9.78 Å². The van der Waals surface area contributed by atoms with Crippen LogP contribution >= 0.6 is 15.9 Å². The molecule has 7 heteroatoms. The molecule has 0 radical (unpaired) electrons. The Bertz CT molecular complexity index is 597. The van der Waals surface area contributed by atoms with Crippen molar-refractivity contribution in [1.29, 1.82) is 0 Å². The minimum atomic E-state index is -0.414. The zero-order valence-electron chi connectivity index (χ0n) is 10.3. The predicted molar refractivity (Wildman–Crippen MR) is 76.2 cm³/mol. The number of aryl methyl sites for hydroxylation is 1. The van der Waals surface area contributed by atoms with Gasteiger partial charge in [0.05, 0.1) is 10.6 Å². The molecule has 1 aromatic heterocycles. The molecule has 0 aliphatic heterocycles. The molecule has 0 spiro atoms. The third-order valence-electron chi connectivity index (χ3n) is 2.63. The van der Waals surface area contributed by atoms with Crippen molar-refractivity contribution in [3.8, 4) is 0 Å². The molecule has 0 atom stereocenters. The lowest BCUT2D eigenvalue weighted by atomic mass is 10.2. The van der Waals surface area contributed by atoms with Gasteiger partial charge >= 0.3 is 0 Å². The third-order valence-corrected chi connectivity index (χ3v) is 3.29. The van der Waals surface area contributed by atoms with Crippen LogP contribution < -0.4 is 5.32 Å². The van der Waals surface area contributed by atoms with E-state index in [1.165, 1.54) is 12.1 Å². The van der Waals surface area contributed by atoms with Crippen LogP contribution in [-0.4, -0.2) is 21.2 Å². The van der Waals surface area contributed by atoms with E-state index in [-0.39, 0.29) is 5.69 Å². The van der Waals surface area contributed by atoms with Crippen molar-refractivity contribution in [2.75, 3.05) is 11.9 Å². The molecular formula is C12H13BrN4O2. The fourth-order valence-corrected chi connectivity index (χ4v) is 2.19. The summed E-state index contributed by atoms with van der Waals surface area (Å²) in [6.45, 7) is 0.716. The number of anilines is 1. The normalized spacial score (nSPS) is 10.4. The topological polar surface area (TPSA) is 73.0 Å². The molecular weight excluding hydrogens is 312 g/mol. The SMILES string of the molecule is Cn1ccc(CCNc2ccc([N+](=O)[O-])cc2Br)n1. The number of benzene rings is 1. The van der Waals surface area contributed by atoms with Gasteiger partial charge in [-0.3, -0.25) is 14.8 Å². The Hall–Kier alpha value is -1.89. The maximum atomic E-state index is 10.6. The number of halogens is 1. The van der Waals surface area contributed by atoms with E-state index in [1.807, 2.05) is 19.3 Å². The highest BCUT2D eigenvalue weighted by Gasteiger charge is 2.08. The van der Waals surface area contributed by atoms with Crippen LogP contribution in [0.2, 0.25) is 0 Å². The molecule has 0 aliphatic rings. The van der Waals surface area contributed by atoms with E-state index < -0.39 is 4.92 Å². The third kappa shape index (κ3) is 3.54. The van der Waals surface area contributed by atoms with Gasteiger partial charge in [0.15, 0.2) is 0 Å². The molecule has 0 unspecified atom stereocenters. The van der Waals surface area contributed by atoms with Crippen molar-refractivity contribution in [2.45, 2.75) is 6.42 Å². The van der Waals surface area contributed by atoms with Crippen LogP contribution in [-0.2, 0) is 13.5 Å². The fourth-order valence-electron chi connectivity index (χ4n) is 1.68. The fraction of sp³-hybridized carbons (Fsp3) is 0.250. The number of nitro benzene ring substituents is 1. The highest BCUT2D eigenvalue weighted by atomic mass is 79.9. The van der Waals surface area contributed by atoms with Crippen molar-refractivity contribution in [3.63, 3.8) is 0 Å². The van der Waals surface area contributed by atoms with Gasteiger partial charge in [-0.1, -0.05) is 0 Å². The first-order valence-electron chi connectivity index (χ1n) is 5.72. The van der Waals surface area contributed by atoms with E-state index in [0.29, 0.717) is 11.0 Å². The highest BCUT2D eigenvalue weighted by molar-refractivity contribution is 9.10. The summed E-state index contributed by atoms with van der Waals surface area (Å²) in [5.74, 6) is 0. The van der Waals surface area contributed by atoms with Crippen LogP contribution in [0.4, 0.5) is 11.4 Å². The lowest BCUT2D eigenvalue weighted by molar-refractivity contribution is -0.384. The Morgan fingerprint density at radius 3 is 2.84 bits per heavy atom. The number of hydrogen-bond acceptors (Lipinski definition) is 4. The van der Waals surface area contributed by atoms with E-state index in [0.717, 1.165) is 17.8 Å². The first-order valence-corrected chi connectivity index (χ1v) is 6.52. The van der Waals surface area contributed by atoms with Crippen LogP contribution in [0.5, 0.6) is 0 Å². The van der Waals surface area contributed by atoms with Crippen LogP contribution in [0.25, 0.3) is 0 Å². The number of hydrogen-bond donors (Lipinski definition) is 1. The van der Waals surface area contributed by atoms with E-state index >= 15 is 0 Å². The van der Waals surface area contributed by atoms with E-state index in [9.17, 15) is 10.1 Å². The molecule has 1 aromatic carbocycles. The van der Waals surface area contributed by atoms with Crippen LogP contribution in [0, 0.1) is 10.1 Å². The number of non-ortho nitro benzene ring substituents is 1. The lowest BCUT2D eigenvalue weighted by Crippen LogP contribution is -2.06. The number of nitrogens with one attached hydrogen (secondary N) is 1. The molecule has 0 amide bonds. The summed E-state index contributed by atoms with van der Waals surface area (Å²) in [6.07, 6.45) is 2.70. The molecule has 0 saturated carbocycles. The van der Waals surface area contributed by atoms with Gasteiger partial charge in [0, 0.05) is 48.5 Å². The summed E-state index contributed by atoms with van der Waals surface area (Å²) in [5.41, 5.74) is 1.91. The number of nitro groups is 1. The zero-order chi connectivity index (χ0) is 13.8. The molecule has 19 heavy (non-hydrogen) atoms. The maximum Gasteiger partial charge on any atom is 0.270 e. The first kappa shape index (κ1) is 13.5. The smallest absolute Gasteiger partial charge is 0.270 e. The van der Waals surface area contributed by atoms with Crippen molar-refractivity contribution in [3.05, 3.63) is 50.7 Å². The number of aromatic nitrogens is 2. The van der Waals surface area contributed by atoms with E-state index in [1.54, 1.807) is 10.7 Å². The standard InChI is InChI=1S/C12H13BrN4O2/c1-16-7-5-9(15-16)4-6-14-12-3-2-10(17(18)19)8-11(12)13/h2-3,5,7-8,14H,4,6H2,1H3. The first-order chi connectivity index (χ1) is 9.06. The molecule has 2 rings (SSSR count). The van der Waals surface area contributed by atoms with Crippen LogP contribution in [0.15, 0.2) is 34.9 Å². The lowest BCUT2D eigenvalue weighted by Gasteiger charge is -2.07. The molecule has 2 aromatic rings. The van der Waals surface area contributed by atoms with Crippen molar-refractivity contribution in [2.24, 2.45) is 7.05 Å². The van der Waals surface area contributed by atoms with Crippen LogP contribution in [0.3, 0.4) is 0 Å². The Morgan fingerprint density at radius 2 is 2.26 bits per heavy atom. The Balaban J connectivity index is 1.94. The predicted octanol–water partition coefficient (Wildman–Crippen LogP) is 2.75. The van der Waals surface area contributed by atoms with Gasteiger partial charge < -0.3 is 5.32 Å². The van der Waals surface area contributed by atoms with Gasteiger partial charge in [-0.2, -0.15) is 5.10 Å². The van der Waals surface area contributed by atoms with E-state index in [2.05, 4.69) is 26.3 Å². The summed E-state index contributed by atoms with van der Waals surface area (Å²) < 4.78 is 2.44. The average molecular weight is 325 g/mol. The van der Waals surface area contributed by atoms with Crippen LogP contribution in [0.1, 0.15) is 5.69 Å². The van der Waals surface area contributed by atoms with Gasteiger partial charge in [-0.25, -0.2) is 0 Å². The zero-order valence-corrected chi connectivity index (χ0v) is 11.9. The summed E-state index contributed by atoms with van der Waals surface area (Å²) in [6, 6.07) is 6.63. The maximum absolute atomic E-state index is 10.6. The van der Waals surface area contributed by atoms with Gasteiger partial charge in [0.2, 0.25) is 0 Å². The minimum absolute atomic E-state index is 0.0714. The molecule has 1 N–H and O–H groups in total. The number of rotatable bonds is 5. The Morgan fingerprint density at radius 1 is 1.47 bits per heavy atom. The Kier molecular flexibility index (Phi) is 4.16. The molecule has 0 fully saturated rings. The minimum Gasteiger partial charge on any atom is -0.384 e. The second-order valence-corrected chi connectivity index (χ2v) is 4.93. The second kappa shape index (κ2) is 5.83. The molecule has 0 bridgehead atoms. The van der Waals surface area contributed by atoms with E-state index in [4.69, 9.17) is 0 Å². The molecule has 0 aliphatic carbocycles. The molecule has 100 valence electrons. The van der Waals surface area contributed by atoms with Gasteiger partial charge in [-0.05, 0) is 28.1 Å². The summed E-state index contributed by atoms with van der Waals surface area (Å²) in [4.78, 5) is 10.2. The Labute approximate surface area is 118 Å². The van der Waals surface area contributed by atoms with Gasteiger partial charge in [0.25, 0.3) is 5.69 Å². The molecule has 0 saturated heterocycles. The summed E-state index contributed by atoms with van der Waals surface area (Å²) in [7, 11) is 1.88. The summed E-state index contributed by atoms with van der Waals surface area (Å²) >= 11 is 3.32. The van der Waals surface area contributed by atoms with Gasteiger partial charge in [-0.15, -0.1) is 0 Å². The largest absolute Gasteiger partial charge is 0.384 e. The van der Waals surface area contributed by atoms with Crippen molar-refractivity contribution >= 4 is 27.3 Å². The highest BCUT2D eigenvalue weighted by Crippen LogP contribution is 2.26. The summed E-state index contributed by atoms with van der Waals surface area (Å²) in [5, 5.41) is 18.1. The van der Waals surface area contributed by atoms with Gasteiger partial charge in [0.1, 0.15) is 0 Å². The quantitative estimate of drug-likeness (QED) is 0.678. The molecule has 1 heterocycles. The molecule has 6 nitrogen and oxygen atoms in total. The average Bonchev–Trinajstić information content (AvgIpc) is 2.77. The van der Waals surface area contributed by atoms with Crippen molar-refractivity contribution < 1.29 is 4.92 Å².